The Balaban J connectivity index is 0.00000529. The second-order valence-corrected chi connectivity index (χ2v) is 5.48. The number of carbonyl (C=O) groups is 2. The fourth-order valence-electron chi connectivity index (χ4n) is 2.07. The molecule has 2 N–H and O–H groups in total. The van der Waals surface area contributed by atoms with Gasteiger partial charge in [-0.05, 0) is 31.0 Å². The first-order valence-electron chi connectivity index (χ1n) is 7.51. The molecule has 1 aromatic carbocycles. The number of carbonyl (C=O) groups excluding carboxylic acids is 2. The summed E-state index contributed by atoms with van der Waals surface area (Å²) in [4.78, 5) is 23.3. The van der Waals surface area contributed by atoms with Gasteiger partial charge in [-0.2, -0.15) is 0 Å². The Morgan fingerprint density at radius 2 is 1.92 bits per heavy atom. The van der Waals surface area contributed by atoms with Crippen molar-refractivity contribution in [3.8, 4) is 0 Å². The van der Waals surface area contributed by atoms with E-state index in [2.05, 4.69) is 24.6 Å². The average molecular weight is 360 g/mol. The third-order valence-electron chi connectivity index (χ3n) is 2.90. The van der Waals surface area contributed by atoms with Crippen LogP contribution in [0.25, 0.3) is 0 Å². The normalized spacial score (nSPS) is 10.1. The minimum absolute atomic E-state index is 0. The van der Waals surface area contributed by atoms with Gasteiger partial charge in [0.05, 0.1) is 30.7 Å². The number of hydrogen-bond donors (Lipinski definition) is 2. The van der Waals surface area contributed by atoms with Crippen LogP contribution in [0.5, 0.6) is 0 Å². The van der Waals surface area contributed by atoms with Crippen LogP contribution in [0.3, 0.4) is 0 Å². The Hall–Kier alpha value is -1.99. The van der Waals surface area contributed by atoms with Crippen molar-refractivity contribution < 1.29 is 19.1 Å². The van der Waals surface area contributed by atoms with Gasteiger partial charge in [0.15, 0.2) is 0 Å². The van der Waals surface area contributed by atoms with E-state index in [1.807, 2.05) is 12.1 Å². The van der Waals surface area contributed by atoms with Crippen molar-refractivity contribution in [3.63, 3.8) is 0 Å². The van der Waals surface area contributed by atoms with Crippen molar-refractivity contribution in [2.45, 2.75) is 20.8 Å². The fourth-order valence-corrected chi connectivity index (χ4v) is 2.07. The van der Waals surface area contributed by atoms with Crippen molar-refractivity contribution in [1.29, 1.82) is 0 Å². The molecule has 7 nitrogen and oxygen atoms in total. The lowest BCUT2D eigenvalue weighted by atomic mass is 10.1. The molecule has 0 saturated carbocycles. The lowest BCUT2D eigenvalue weighted by Crippen LogP contribution is -2.30. The highest BCUT2D eigenvalue weighted by molar-refractivity contribution is 5.95. The van der Waals surface area contributed by atoms with Gasteiger partial charge >= 0.3 is 12.1 Å². The lowest BCUT2D eigenvalue weighted by molar-refractivity contribution is 0.0600. The summed E-state index contributed by atoms with van der Waals surface area (Å²) < 4.78 is 9.59. The van der Waals surface area contributed by atoms with E-state index in [0.29, 0.717) is 22.9 Å². The molecule has 0 unspecified atom stereocenters. The van der Waals surface area contributed by atoms with Crippen LogP contribution >= 0.6 is 12.4 Å². The number of hydrazine groups is 1. The largest absolute Gasteiger partial charge is 0.465 e. The number of amides is 1. The van der Waals surface area contributed by atoms with Gasteiger partial charge in [-0.3, -0.25) is 5.32 Å². The summed E-state index contributed by atoms with van der Waals surface area (Å²) in [6, 6.07) is 4.90. The second kappa shape index (κ2) is 10.7. The van der Waals surface area contributed by atoms with Gasteiger partial charge < -0.3 is 14.9 Å². The number of methoxy groups -OCH3 is 1. The highest BCUT2D eigenvalue weighted by Gasteiger charge is 2.14. The van der Waals surface area contributed by atoms with Gasteiger partial charge in [-0.25, -0.2) is 14.6 Å². The minimum atomic E-state index is -0.580. The maximum atomic E-state index is 11.7. The molecule has 24 heavy (non-hydrogen) atoms. The number of benzene rings is 1. The van der Waals surface area contributed by atoms with Gasteiger partial charge in [-0.1, -0.05) is 13.8 Å². The predicted molar refractivity (Wildman–Crippen MR) is 96.8 cm³/mol. The molecule has 0 saturated heterocycles. The standard InChI is InChI=1S/C16H25N3O4.ClH/c1-6-23-16(21)17-14-9-12(15(20)22-5)7-8-13(14)18-19(4)10-11(2)3;/h7-9,11,18H,6,10H2,1-5H3,(H,17,21);1H. The van der Waals surface area contributed by atoms with E-state index in [0.717, 1.165) is 6.54 Å². The van der Waals surface area contributed by atoms with E-state index in [1.54, 1.807) is 25.1 Å². The molecule has 0 radical (unpaired) electrons. The van der Waals surface area contributed by atoms with Crippen LogP contribution < -0.4 is 10.7 Å². The molecular formula is C16H26ClN3O4. The summed E-state index contributed by atoms with van der Waals surface area (Å²) in [6.07, 6.45) is -0.580. The van der Waals surface area contributed by atoms with E-state index < -0.39 is 12.1 Å². The van der Waals surface area contributed by atoms with Crippen molar-refractivity contribution in [3.05, 3.63) is 23.8 Å². The van der Waals surface area contributed by atoms with Crippen LogP contribution in [0.15, 0.2) is 18.2 Å². The number of anilines is 2. The van der Waals surface area contributed by atoms with Crippen molar-refractivity contribution in [2.24, 2.45) is 5.92 Å². The van der Waals surface area contributed by atoms with Crippen LogP contribution in [0.4, 0.5) is 16.2 Å². The molecule has 0 bridgehead atoms. The number of nitrogens with zero attached hydrogens (tertiary/aromatic N) is 1. The fraction of sp³-hybridized carbons (Fsp3) is 0.500. The van der Waals surface area contributed by atoms with Crippen LogP contribution in [-0.4, -0.2) is 44.4 Å². The van der Waals surface area contributed by atoms with Gasteiger partial charge in [-0.15, -0.1) is 12.4 Å². The van der Waals surface area contributed by atoms with Crippen LogP contribution in [0, 0.1) is 5.92 Å². The average Bonchev–Trinajstić information content (AvgIpc) is 2.47. The van der Waals surface area contributed by atoms with E-state index >= 15 is 0 Å². The third kappa shape index (κ3) is 7.06. The highest BCUT2D eigenvalue weighted by Crippen LogP contribution is 2.24. The smallest absolute Gasteiger partial charge is 0.411 e. The SMILES string of the molecule is CCOC(=O)Nc1cc(C(=O)OC)ccc1NN(C)CC(C)C.Cl. The van der Waals surface area contributed by atoms with Gasteiger partial charge in [0.2, 0.25) is 0 Å². The zero-order valence-corrected chi connectivity index (χ0v) is 15.5. The molecule has 136 valence electrons. The summed E-state index contributed by atoms with van der Waals surface area (Å²) in [6.45, 7) is 7.02. The molecule has 0 aliphatic carbocycles. The molecule has 0 heterocycles. The van der Waals surface area contributed by atoms with Crippen molar-refractivity contribution in [2.75, 3.05) is 38.1 Å². The molecule has 0 aliphatic heterocycles. The third-order valence-corrected chi connectivity index (χ3v) is 2.90. The van der Waals surface area contributed by atoms with E-state index in [9.17, 15) is 9.59 Å². The second-order valence-electron chi connectivity index (χ2n) is 5.48. The molecule has 0 spiro atoms. The Labute approximate surface area is 149 Å². The molecule has 1 amide bonds. The first kappa shape index (κ1) is 22.0. The number of hydrogen-bond acceptors (Lipinski definition) is 6. The number of nitrogens with one attached hydrogen (secondary N) is 2. The molecule has 0 aromatic heterocycles. The van der Waals surface area contributed by atoms with Crippen LogP contribution in [-0.2, 0) is 9.47 Å². The van der Waals surface area contributed by atoms with E-state index in [1.165, 1.54) is 7.11 Å². The molecule has 8 heteroatoms. The molecule has 1 aromatic rings. The first-order valence-corrected chi connectivity index (χ1v) is 7.51. The van der Waals surface area contributed by atoms with Crippen LogP contribution in [0.1, 0.15) is 31.1 Å². The van der Waals surface area contributed by atoms with Crippen molar-refractivity contribution in [1.82, 2.24) is 5.01 Å². The molecule has 0 aliphatic rings. The molecule has 0 atom stereocenters. The Morgan fingerprint density at radius 1 is 1.25 bits per heavy atom. The van der Waals surface area contributed by atoms with Gasteiger partial charge in [0.1, 0.15) is 0 Å². The number of esters is 1. The summed E-state index contributed by atoms with van der Waals surface area (Å²) >= 11 is 0. The summed E-state index contributed by atoms with van der Waals surface area (Å²) in [5, 5.41) is 4.54. The quantitative estimate of drug-likeness (QED) is 0.574. The molecule has 0 fully saturated rings. The Morgan fingerprint density at radius 3 is 2.46 bits per heavy atom. The highest BCUT2D eigenvalue weighted by atomic mass is 35.5. The number of rotatable bonds is 7. The van der Waals surface area contributed by atoms with E-state index in [-0.39, 0.29) is 19.0 Å². The van der Waals surface area contributed by atoms with Gasteiger partial charge in [0, 0.05) is 13.6 Å². The Kier molecular flexibility index (Phi) is 9.83. The summed E-state index contributed by atoms with van der Waals surface area (Å²) in [5.41, 5.74) is 4.64. The number of halogens is 1. The topological polar surface area (TPSA) is 79.9 Å². The Bertz CT molecular complexity index is 552. The monoisotopic (exact) mass is 359 g/mol. The van der Waals surface area contributed by atoms with Gasteiger partial charge in [0.25, 0.3) is 0 Å². The van der Waals surface area contributed by atoms with Crippen molar-refractivity contribution >= 4 is 35.8 Å². The summed E-state index contributed by atoms with van der Waals surface area (Å²) in [7, 11) is 3.21. The van der Waals surface area contributed by atoms with E-state index in [4.69, 9.17) is 9.47 Å². The lowest BCUT2D eigenvalue weighted by Gasteiger charge is -2.23. The minimum Gasteiger partial charge on any atom is -0.465 e. The maximum absolute atomic E-state index is 11.7. The molecule has 1 rings (SSSR count). The first-order chi connectivity index (χ1) is 10.9. The zero-order valence-electron chi connectivity index (χ0n) is 14.7. The summed E-state index contributed by atoms with van der Waals surface area (Å²) in [5.74, 6) is 0.00213. The van der Waals surface area contributed by atoms with Crippen LogP contribution in [0.2, 0.25) is 0 Å². The molecular weight excluding hydrogens is 334 g/mol. The predicted octanol–water partition coefficient (Wildman–Crippen LogP) is 3.38. The zero-order chi connectivity index (χ0) is 17.4. The maximum Gasteiger partial charge on any atom is 0.411 e. The number of ether oxygens (including phenoxy) is 2.